The van der Waals surface area contributed by atoms with Gasteiger partial charge in [0.2, 0.25) is 0 Å². The molecule has 0 aromatic heterocycles. The number of nitrogens with one attached hydrogen (secondary N) is 1. The Balaban J connectivity index is 2.42. The summed E-state index contributed by atoms with van der Waals surface area (Å²) in [5, 5.41) is 12.4. The van der Waals surface area contributed by atoms with Crippen molar-refractivity contribution in [3.8, 4) is 6.07 Å². The molecule has 1 atom stereocenters. The predicted molar refractivity (Wildman–Crippen MR) is 75.9 cm³/mol. The predicted octanol–water partition coefficient (Wildman–Crippen LogP) is 4.72. The zero-order valence-electron chi connectivity index (χ0n) is 10.2. The van der Waals surface area contributed by atoms with Crippen molar-refractivity contribution in [1.29, 1.82) is 5.26 Å². The van der Waals surface area contributed by atoms with Gasteiger partial charge in [-0.05, 0) is 34.5 Å². The van der Waals surface area contributed by atoms with Crippen LogP contribution >= 0.6 is 15.9 Å². The van der Waals surface area contributed by atoms with Crippen LogP contribution in [0.5, 0.6) is 0 Å². The molecule has 0 saturated heterocycles. The van der Waals surface area contributed by atoms with Gasteiger partial charge < -0.3 is 5.32 Å². The molecular weight excluding hydrogens is 276 g/mol. The molecule has 0 heterocycles. The molecule has 1 aromatic carbocycles. The van der Waals surface area contributed by atoms with Gasteiger partial charge in [0.15, 0.2) is 0 Å². The van der Waals surface area contributed by atoms with E-state index in [9.17, 15) is 0 Å². The van der Waals surface area contributed by atoms with Gasteiger partial charge in [-0.1, -0.05) is 44.7 Å². The number of unbranched alkanes of at least 4 members (excludes halogenated alkanes) is 3. The fourth-order valence-corrected chi connectivity index (χ4v) is 2.11. The third kappa shape index (κ3) is 5.23. The fourth-order valence-electron chi connectivity index (χ4n) is 1.71. The van der Waals surface area contributed by atoms with E-state index in [1.165, 1.54) is 19.3 Å². The minimum Gasteiger partial charge on any atom is -0.369 e. The lowest BCUT2D eigenvalue weighted by Gasteiger charge is -2.13. The van der Waals surface area contributed by atoms with Crippen molar-refractivity contribution in [3.05, 3.63) is 28.7 Å². The highest BCUT2D eigenvalue weighted by Crippen LogP contribution is 2.22. The molecule has 0 aliphatic carbocycles. The Bertz CT molecular complexity index is 371. The maximum atomic E-state index is 9.11. The summed E-state index contributed by atoms with van der Waals surface area (Å²) in [5.74, 6) is 0. The molecule has 0 saturated carbocycles. The minimum absolute atomic E-state index is 0.0921. The van der Waals surface area contributed by atoms with Gasteiger partial charge in [-0.15, -0.1) is 0 Å². The second kappa shape index (κ2) is 8.14. The number of nitrogens with zero attached hydrogens (tertiary/aromatic N) is 1. The number of hydrogen-bond acceptors (Lipinski definition) is 2. The van der Waals surface area contributed by atoms with E-state index < -0.39 is 0 Å². The van der Waals surface area contributed by atoms with Gasteiger partial charge in [-0.3, -0.25) is 0 Å². The smallest absolute Gasteiger partial charge is 0.114 e. The van der Waals surface area contributed by atoms with E-state index in [1.54, 1.807) is 0 Å². The second-order valence-electron chi connectivity index (χ2n) is 4.16. The van der Waals surface area contributed by atoms with Crippen LogP contribution in [0.1, 0.15) is 39.0 Å². The van der Waals surface area contributed by atoms with Gasteiger partial charge in [-0.25, -0.2) is 0 Å². The first kappa shape index (κ1) is 14.1. The van der Waals surface area contributed by atoms with Crippen molar-refractivity contribution in [1.82, 2.24) is 0 Å². The summed E-state index contributed by atoms with van der Waals surface area (Å²) in [7, 11) is 0. The van der Waals surface area contributed by atoms with Crippen LogP contribution in [0.3, 0.4) is 0 Å². The number of halogens is 1. The van der Waals surface area contributed by atoms with Gasteiger partial charge >= 0.3 is 0 Å². The number of anilines is 1. The van der Waals surface area contributed by atoms with Gasteiger partial charge in [-0.2, -0.15) is 5.26 Å². The van der Waals surface area contributed by atoms with Crippen molar-refractivity contribution in [3.63, 3.8) is 0 Å². The van der Waals surface area contributed by atoms with Gasteiger partial charge in [0.25, 0.3) is 0 Å². The second-order valence-corrected chi connectivity index (χ2v) is 5.01. The van der Waals surface area contributed by atoms with Crippen molar-refractivity contribution in [2.45, 2.75) is 45.1 Å². The number of benzene rings is 1. The monoisotopic (exact) mass is 294 g/mol. The molecule has 0 radical (unpaired) electrons. The Labute approximate surface area is 112 Å². The Hall–Kier alpha value is -1.01. The summed E-state index contributed by atoms with van der Waals surface area (Å²) in [6.07, 6.45) is 5.73. The minimum atomic E-state index is -0.0921. The molecule has 1 rings (SSSR count). The highest BCUT2D eigenvalue weighted by atomic mass is 79.9. The summed E-state index contributed by atoms with van der Waals surface area (Å²) in [6.45, 7) is 2.20. The van der Waals surface area contributed by atoms with E-state index in [4.69, 9.17) is 5.26 Å². The SMILES string of the molecule is CCCCCCC(C#N)Nc1ccccc1Br. The topological polar surface area (TPSA) is 35.8 Å². The zero-order valence-corrected chi connectivity index (χ0v) is 11.8. The molecule has 17 heavy (non-hydrogen) atoms. The Morgan fingerprint density at radius 1 is 1.29 bits per heavy atom. The van der Waals surface area contributed by atoms with E-state index in [0.29, 0.717) is 0 Å². The van der Waals surface area contributed by atoms with Gasteiger partial charge in [0, 0.05) is 10.2 Å². The first-order valence-electron chi connectivity index (χ1n) is 6.18. The molecule has 0 fully saturated rings. The van der Waals surface area contributed by atoms with E-state index in [-0.39, 0.29) is 6.04 Å². The molecule has 1 aromatic rings. The van der Waals surface area contributed by atoms with Crippen LogP contribution in [0.15, 0.2) is 28.7 Å². The van der Waals surface area contributed by atoms with E-state index >= 15 is 0 Å². The molecule has 0 spiro atoms. The Kier molecular flexibility index (Phi) is 6.73. The molecular formula is C14H19BrN2. The quantitative estimate of drug-likeness (QED) is 0.738. The molecule has 2 nitrogen and oxygen atoms in total. The van der Waals surface area contributed by atoms with Crippen molar-refractivity contribution < 1.29 is 0 Å². The molecule has 3 heteroatoms. The number of hydrogen-bond donors (Lipinski definition) is 1. The molecule has 1 N–H and O–H groups in total. The van der Waals surface area contributed by atoms with E-state index in [2.05, 4.69) is 34.2 Å². The van der Waals surface area contributed by atoms with Crippen LogP contribution in [-0.4, -0.2) is 6.04 Å². The highest BCUT2D eigenvalue weighted by Gasteiger charge is 2.08. The van der Waals surface area contributed by atoms with Gasteiger partial charge in [0.1, 0.15) is 6.04 Å². The van der Waals surface area contributed by atoms with Crippen molar-refractivity contribution in [2.24, 2.45) is 0 Å². The standard InChI is InChI=1S/C14H19BrN2/c1-2-3-4-5-8-12(11-16)17-14-10-7-6-9-13(14)15/h6-7,9-10,12,17H,2-5,8H2,1H3. The number of nitriles is 1. The average molecular weight is 295 g/mol. The molecule has 92 valence electrons. The van der Waals surface area contributed by atoms with Crippen LogP contribution in [0.25, 0.3) is 0 Å². The van der Waals surface area contributed by atoms with Crippen molar-refractivity contribution >= 4 is 21.6 Å². The first-order valence-corrected chi connectivity index (χ1v) is 6.98. The van der Waals surface area contributed by atoms with Crippen molar-refractivity contribution in [2.75, 3.05) is 5.32 Å². The fraction of sp³-hybridized carbons (Fsp3) is 0.500. The first-order chi connectivity index (χ1) is 8.27. The van der Waals surface area contributed by atoms with E-state index in [0.717, 1.165) is 23.0 Å². The lowest BCUT2D eigenvalue weighted by atomic mass is 10.1. The summed E-state index contributed by atoms with van der Waals surface area (Å²) >= 11 is 3.48. The van der Waals surface area contributed by atoms with Crippen LogP contribution in [0, 0.1) is 11.3 Å². The Morgan fingerprint density at radius 3 is 2.71 bits per heavy atom. The van der Waals surface area contributed by atoms with Crippen LogP contribution < -0.4 is 5.32 Å². The zero-order chi connectivity index (χ0) is 12.5. The molecule has 0 bridgehead atoms. The maximum absolute atomic E-state index is 9.11. The molecule has 0 amide bonds. The molecule has 1 unspecified atom stereocenters. The number of para-hydroxylation sites is 1. The summed E-state index contributed by atoms with van der Waals surface area (Å²) in [4.78, 5) is 0. The lowest BCUT2D eigenvalue weighted by Crippen LogP contribution is -2.17. The number of rotatable bonds is 7. The molecule has 0 aliphatic heterocycles. The highest BCUT2D eigenvalue weighted by molar-refractivity contribution is 9.10. The Morgan fingerprint density at radius 2 is 2.06 bits per heavy atom. The lowest BCUT2D eigenvalue weighted by molar-refractivity contribution is 0.618. The molecule has 0 aliphatic rings. The average Bonchev–Trinajstić information content (AvgIpc) is 2.35. The summed E-state index contributed by atoms with van der Waals surface area (Å²) in [5.41, 5.74) is 0.995. The summed E-state index contributed by atoms with van der Waals surface area (Å²) in [6, 6.07) is 10.1. The van der Waals surface area contributed by atoms with Crippen LogP contribution in [0.2, 0.25) is 0 Å². The third-order valence-electron chi connectivity index (χ3n) is 2.71. The van der Waals surface area contributed by atoms with Gasteiger partial charge in [0.05, 0.1) is 6.07 Å². The van der Waals surface area contributed by atoms with E-state index in [1.807, 2.05) is 24.3 Å². The normalized spacial score (nSPS) is 11.8. The maximum Gasteiger partial charge on any atom is 0.114 e. The third-order valence-corrected chi connectivity index (χ3v) is 3.40. The largest absolute Gasteiger partial charge is 0.369 e. The van der Waals surface area contributed by atoms with Crippen LogP contribution in [0.4, 0.5) is 5.69 Å². The van der Waals surface area contributed by atoms with Crippen LogP contribution in [-0.2, 0) is 0 Å². The summed E-state index contributed by atoms with van der Waals surface area (Å²) < 4.78 is 1.01.